The first-order valence-corrected chi connectivity index (χ1v) is 6.19. The third-order valence-corrected chi connectivity index (χ3v) is 2.80. The molecule has 0 aliphatic carbocycles. The maximum atomic E-state index is 13.0. The summed E-state index contributed by atoms with van der Waals surface area (Å²) in [5.74, 6) is -2.34. The maximum absolute atomic E-state index is 13.0. The number of hydrogen-bond acceptors (Lipinski definition) is 3. The van der Waals surface area contributed by atoms with Gasteiger partial charge in [0.1, 0.15) is 5.75 Å². The number of rotatable bonds is 4. The first kappa shape index (κ1) is 14.8. The fraction of sp³-hybridized carbons (Fsp3) is 0.133. The van der Waals surface area contributed by atoms with E-state index < -0.39 is 17.5 Å². The van der Waals surface area contributed by atoms with E-state index >= 15 is 0 Å². The van der Waals surface area contributed by atoms with E-state index in [1.54, 1.807) is 18.2 Å². The highest BCUT2D eigenvalue weighted by atomic mass is 19.2. The van der Waals surface area contributed by atoms with Crippen LogP contribution in [0, 0.1) is 18.6 Å². The first-order valence-electron chi connectivity index (χ1n) is 6.19. The van der Waals surface area contributed by atoms with Gasteiger partial charge in [-0.25, -0.2) is 8.78 Å². The fourth-order valence-corrected chi connectivity index (χ4v) is 1.68. The van der Waals surface area contributed by atoms with Gasteiger partial charge in [-0.05, 0) is 36.8 Å². The van der Waals surface area contributed by atoms with Crippen LogP contribution in [0.4, 0.5) is 20.2 Å². The minimum Gasteiger partial charge on any atom is -0.484 e. The molecule has 0 unspecified atom stereocenters. The lowest BCUT2D eigenvalue weighted by atomic mass is 10.2. The van der Waals surface area contributed by atoms with Crippen LogP contribution < -0.4 is 15.8 Å². The van der Waals surface area contributed by atoms with E-state index in [2.05, 4.69) is 5.32 Å². The summed E-state index contributed by atoms with van der Waals surface area (Å²) < 4.78 is 30.8. The van der Waals surface area contributed by atoms with Crippen molar-refractivity contribution in [2.45, 2.75) is 6.92 Å². The van der Waals surface area contributed by atoms with Crippen LogP contribution in [-0.4, -0.2) is 12.5 Å². The van der Waals surface area contributed by atoms with Crippen molar-refractivity contribution < 1.29 is 18.3 Å². The highest BCUT2D eigenvalue weighted by Crippen LogP contribution is 2.18. The van der Waals surface area contributed by atoms with Crippen LogP contribution in [0.25, 0.3) is 0 Å². The molecule has 3 N–H and O–H groups in total. The molecule has 0 aliphatic rings. The standard InChI is InChI=1S/C15H14F2N2O2/c1-9-2-3-10(18)6-14(9)19-15(20)8-21-11-4-5-12(16)13(17)7-11/h2-7H,8,18H2,1H3,(H,19,20). The molecule has 4 nitrogen and oxygen atoms in total. The predicted molar refractivity (Wildman–Crippen MR) is 76.1 cm³/mol. The molecule has 1 amide bonds. The average Bonchev–Trinajstić information content (AvgIpc) is 2.44. The van der Waals surface area contributed by atoms with Crippen LogP contribution in [0.3, 0.4) is 0 Å². The number of anilines is 2. The van der Waals surface area contributed by atoms with Gasteiger partial charge in [-0.2, -0.15) is 0 Å². The Morgan fingerprint density at radius 1 is 1.19 bits per heavy atom. The van der Waals surface area contributed by atoms with Crippen LogP contribution in [-0.2, 0) is 4.79 Å². The third kappa shape index (κ3) is 3.92. The fourth-order valence-electron chi connectivity index (χ4n) is 1.68. The van der Waals surface area contributed by atoms with Crippen molar-refractivity contribution in [2.24, 2.45) is 0 Å². The molecule has 0 bridgehead atoms. The zero-order valence-electron chi connectivity index (χ0n) is 11.3. The second-order valence-corrected chi connectivity index (χ2v) is 4.49. The molecule has 21 heavy (non-hydrogen) atoms. The Kier molecular flexibility index (Phi) is 4.37. The zero-order chi connectivity index (χ0) is 15.4. The summed E-state index contributed by atoms with van der Waals surface area (Å²) in [5, 5.41) is 2.64. The lowest BCUT2D eigenvalue weighted by Crippen LogP contribution is -2.20. The number of carbonyl (C=O) groups excluding carboxylic acids is 1. The smallest absolute Gasteiger partial charge is 0.262 e. The van der Waals surface area contributed by atoms with Crippen molar-refractivity contribution in [1.29, 1.82) is 0 Å². The molecule has 6 heteroatoms. The Bertz CT molecular complexity index is 675. The molecule has 2 rings (SSSR count). The largest absolute Gasteiger partial charge is 0.484 e. The molecule has 0 aromatic heterocycles. The van der Waals surface area contributed by atoms with Gasteiger partial charge in [0.25, 0.3) is 5.91 Å². The van der Waals surface area contributed by atoms with Gasteiger partial charge in [-0.15, -0.1) is 0 Å². The summed E-state index contributed by atoms with van der Waals surface area (Å²) in [4.78, 5) is 11.8. The van der Waals surface area contributed by atoms with E-state index in [0.717, 1.165) is 17.7 Å². The number of nitrogens with two attached hydrogens (primary N) is 1. The van der Waals surface area contributed by atoms with E-state index in [4.69, 9.17) is 10.5 Å². The van der Waals surface area contributed by atoms with Gasteiger partial charge in [-0.1, -0.05) is 6.07 Å². The van der Waals surface area contributed by atoms with E-state index in [1.165, 1.54) is 6.07 Å². The van der Waals surface area contributed by atoms with Crippen LogP contribution in [0.2, 0.25) is 0 Å². The van der Waals surface area contributed by atoms with Crippen LogP contribution in [0.5, 0.6) is 5.75 Å². The minimum atomic E-state index is -1.03. The highest BCUT2D eigenvalue weighted by Gasteiger charge is 2.08. The van der Waals surface area contributed by atoms with Gasteiger partial charge in [0.05, 0.1) is 0 Å². The second-order valence-electron chi connectivity index (χ2n) is 4.49. The van der Waals surface area contributed by atoms with Gasteiger partial charge >= 0.3 is 0 Å². The molecule has 0 saturated heterocycles. The molecule has 0 radical (unpaired) electrons. The number of hydrogen-bond donors (Lipinski definition) is 2. The van der Waals surface area contributed by atoms with Gasteiger partial charge in [-0.3, -0.25) is 4.79 Å². The molecule has 2 aromatic carbocycles. The molecular weight excluding hydrogens is 278 g/mol. The number of ether oxygens (including phenoxy) is 1. The van der Waals surface area contributed by atoms with Crippen molar-refractivity contribution >= 4 is 17.3 Å². The van der Waals surface area contributed by atoms with Crippen molar-refractivity contribution in [2.75, 3.05) is 17.7 Å². The zero-order valence-corrected chi connectivity index (χ0v) is 11.3. The summed E-state index contributed by atoms with van der Waals surface area (Å²) in [6.07, 6.45) is 0. The maximum Gasteiger partial charge on any atom is 0.262 e. The molecule has 0 spiro atoms. The monoisotopic (exact) mass is 292 g/mol. The minimum absolute atomic E-state index is 0.0772. The Balaban J connectivity index is 1.95. The number of halogens is 2. The summed E-state index contributed by atoms with van der Waals surface area (Å²) in [6.45, 7) is 1.50. The Morgan fingerprint density at radius 3 is 2.67 bits per heavy atom. The summed E-state index contributed by atoms with van der Waals surface area (Å²) >= 11 is 0. The molecule has 0 fully saturated rings. The Hall–Kier alpha value is -2.63. The van der Waals surface area contributed by atoms with Crippen molar-refractivity contribution in [1.82, 2.24) is 0 Å². The molecule has 0 heterocycles. The number of nitrogens with one attached hydrogen (secondary N) is 1. The topological polar surface area (TPSA) is 64.3 Å². The second kappa shape index (κ2) is 6.21. The Morgan fingerprint density at radius 2 is 1.95 bits per heavy atom. The van der Waals surface area contributed by atoms with E-state index in [9.17, 15) is 13.6 Å². The summed E-state index contributed by atoms with van der Waals surface area (Å²) in [5.41, 5.74) is 7.59. The van der Waals surface area contributed by atoms with Crippen LogP contribution in [0.15, 0.2) is 36.4 Å². The molecule has 0 atom stereocenters. The van der Waals surface area contributed by atoms with Gasteiger partial charge in [0, 0.05) is 17.4 Å². The van der Waals surface area contributed by atoms with Gasteiger partial charge in [0.2, 0.25) is 0 Å². The molecular formula is C15H14F2N2O2. The average molecular weight is 292 g/mol. The number of amides is 1. The van der Waals surface area contributed by atoms with Crippen molar-refractivity contribution in [3.8, 4) is 5.75 Å². The SMILES string of the molecule is Cc1ccc(N)cc1NC(=O)COc1ccc(F)c(F)c1. The van der Waals surface area contributed by atoms with Crippen molar-refractivity contribution in [3.63, 3.8) is 0 Å². The number of aryl methyl sites for hydroxylation is 1. The highest BCUT2D eigenvalue weighted by molar-refractivity contribution is 5.93. The lowest BCUT2D eigenvalue weighted by Gasteiger charge is -2.10. The van der Waals surface area contributed by atoms with E-state index in [1.807, 2.05) is 6.92 Å². The van der Waals surface area contributed by atoms with Gasteiger partial charge in [0.15, 0.2) is 18.2 Å². The molecule has 2 aromatic rings. The summed E-state index contributed by atoms with van der Waals surface area (Å²) in [6, 6.07) is 8.20. The lowest BCUT2D eigenvalue weighted by molar-refractivity contribution is -0.118. The molecule has 110 valence electrons. The molecule has 0 saturated carbocycles. The Labute approximate surface area is 120 Å². The number of carbonyl (C=O) groups is 1. The van der Waals surface area contributed by atoms with E-state index in [0.29, 0.717) is 11.4 Å². The molecule has 0 aliphatic heterocycles. The van der Waals surface area contributed by atoms with Crippen LogP contribution in [0.1, 0.15) is 5.56 Å². The predicted octanol–water partition coefficient (Wildman–Crippen LogP) is 2.87. The third-order valence-electron chi connectivity index (χ3n) is 2.80. The normalized spacial score (nSPS) is 10.2. The number of nitrogen functional groups attached to an aromatic ring is 1. The first-order chi connectivity index (χ1) is 9.95. The quantitative estimate of drug-likeness (QED) is 0.852. The van der Waals surface area contributed by atoms with E-state index in [-0.39, 0.29) is 12.4 Å². The van der Waals surface area contributed by atoms with Crippen molar-refractivity contribution in [3.05, 3.63) is 53.6 Å². The van der Waals surface area contributed by atoms with Gasteiger partial charge < -0.3 is 15.8 Å². The number of benzene rings is 2. The van der Waals surface area contributed by atoms with Crippen LogP contribution >= 0.6 is 0 Å². The summed E-state index contributed by atoms with van der Waals surface area (Å²) in [7, 11) is 0.